The molecule has 106 valence electrons. The number of para-hydroxylation sites is 4. The van der Waals surface area contributed by atoms with Crippen LogP contribution in [-0.2, 0) is 0 Å². The summed E-state index contributed by atoms with van der Waals surface area (Å²) in [5.74, 6) is 0. The van der Waals surface area contributed by atoms with E-state index in [1.807, 2.05) is 48.5 Å². The molecule has 4 rings (SSSR count). The lowest BCUT2D eigenvalue weighted by Crippen LogP contribution is -1.86. The molecule has 6 heteroatoms. The zero-order valence-corrected chi connectivity index (χ0v) is 13.0. The van der Waals surface area contributed by atoms with Crippen LogP contribution in [0.2, 0.25) is 0 Å². The van der Waals surface area contributed by atoms with Crippen LogP contribution in [-0.4, -0.2) is 19.9 Å². The van der Waals surface area contributed by atoms with Crippen molar-refractivity contribution in [3.63, 3.8) is 0 Å². The third kappa shape index (κ3) is 2.75. The lowest BCUT2D eigenvalue weighted by Gasteiger charge is -2.02. The minimum atomic E-state index is 0.860. The molecule has 22 heavy (non-hydrogen) atoms. The lowest BCUT2D eigenvalue weighted by molar-refractivity contribution is 1.12. The molecule has 0 N–H and O–H groups in total. The van der Waals surface area contributed by atoms with E-state index in [-0.39, 0.29) is 0 Å². The van der Waals surface area contributed by atoms with Crippen molar-refractivity contribution in [1.82, 2.24) is 19.9 Å². The van der Waals surface area contributed by atoms with Crippen molar-refractivity contribution in [2.45, 2.75) is 10.1 Å². The summed E-state index contributed by atoms with van der Waals surface area (Å²) in [5, 5.41) is 1.72. The van der Waals surface area contributed by atoms with Crippen LogP contribution in [0.4, 0.5) is 0 Å². The summed E-state index contributed by atoms with van der Waals surface area (Å²) in [4.78, 5) is 18.0. The van der Waals surface area contributed by atoms with Crippen LogP contribution in [0.1, 0.15) is 0 Å². The minimum absolute atomic E-state index is 0.860. The molecule has 2 heterocycles. The molecule has 0 fully saturated rings. The SMILES string of the molecule is c1ccc2nc(SSc3cnc4ccccc4n3)cnc2c1. The summed E-state index contributed by atoms with van der Waals surface area (Å²) in [7, 11) is 3.07. The lowest BCUT2D eigenvalue weighted by atomic mass is 10.3. The van der Waals surface area contributed by atoms with Crippen LogP contribution in [0, 0.1) is 0 Å². The van der Waals surface area contributed by atoms with E-state index < -0.39 is 0 Å². The highest BCUT2D eigenvalue weighted by Crippen LogP contribution is 2.35. The second-order valence-electron chi connectivity index (χ2n) is 4.56. The normalized spacial score (nSPS) is 11.1. The van der Waals surface area contributed by atoms with Gasteiger partial charge in [0, 0.05) is 0 Å². The third-order valence-corrected chi connectivity index (χ3v) is 5.16. The number of rotatable bonds is 3. The molecule has 0 spiro atoms. The molecule has 2 aromatic carbocycles. The molecule has 0 radical (unpaired) electrons. The zero-order chi connectivity index (χ0) is 14.8. The number of nitrogens with zero attached hydrogens (tertiary/aromatic N) is 4. The molecule has 0 saturated carbocycles. The van der Waals surface area contributed by atoms with Crippen LogP contribution < -0.4 is 0 Å². The molecule has 0 aliphatic rings. The molecule has 0 aliphatic carbocycles. The van der Waals surface area contributed by atoms with Gasteiger partial charge in [0.2, 0.25) is 0 Å². The van der Waals surface area contributed by atoms with Crippen molar-refractivity contribution < 1.29 is 0 Å². The van der Waals surface area contributed by atoms with Crippen LogP contribution in [0.5, 0.6) is 0 Å². The Hall–Kier alpha value is -2.18. The van der Waals surface area contributed by atoms with Gasteiger partial charge in [-0.1, -0.05) is 24.3 Å². The van der Waals surface area contributed by atoms with Crippen molar-refractivity contribution in [3.8, 4) is 0 Å². The molecule has 0 aliphatic heterocycles. The molecular formula is C16H10N4S2. The molecule has 0 bridgehead atoms. The Morgan fingerprint density at radius 1 is 0.545 bits per heavy atom. The molecular weight excluding hydrogens is 312 g/mol. The molecule has 0 amide bonds. The molecule has 2 aromatic heterocycles. The predicted octanol–water partition coefficient (Wildman–Crippen LogP) is 4.37. The van der Waals surface area contributed by atoms with Crippen molar-refractivity contribution in [2.24, 2.45) is 0 Å². The summed E-state index contributed by atoms with van der Waals surface area (Å²) in [5.41, 5.74) is 3.61. The van der Waals surface area contributed by atoms with Gasteiger partial charge < -0.3 is 0 Å². The Bertz CT molecular complexity index is 879. The van der Waals surface area contributed by atoms with Crippen molar-refractivity contribution in [3.05, 3.63) is 60.9 Å². The summed E-state index contributed by atoms with van der Waals surface area (Å²) in [6, 6.07) is 15.7. The average molecular weight is 322 g/mol. The second-order valence-corrected chi connectivity index (χ2v) is 6.73. The number of hydrogen-bond acceptors (Lipinski definition) is 6. The maximum absolute atomic E-state index is 4.58. The average Bonchev–Trinajstić information content (AvgIpc) is 2.59. The van der Waals surface area contributed by atoms with E-state index in [0.717, 1.165) is 32.1 Å². The zero-order valence-electron chi connectivity index (χ0n) is 11.4. The first kappa shape index (κ1) is 13.5. The van der Waals surface area contributed by atoms with Gasteiger partial charge in [-0.15, -0.1) is 0 Å². The van der Waals surface area contributed by atoms with E-state index in [1.165, 1.54) is 21.6 Å². The topological polar surface area (TPSA) is 51.6 Å². The first-order valence-electron chi connectivity index (χ1n) is 6.67. The molecule has 4 nitrogen and oxygen atoms in total. The van der Waals surface area contributed by atoms with Crippen molar-refractivity contribution >= 4 is 43.7 Å². The van der Waals surface area contributed by atoms with Crippen LogP contribution in [0.15, 0.2) is 71.0 Å². The van der Waals surface area contributed by atoms with E-state index in [0.29, 0.717) is 0 Å². The standard InChI is InChI=1S/C16H10N4S2/c1-3-7-13-11(5-1)17-9-15(19-13)21-22-16-10-18-12-6-2-4-8-14(12)20-16/h1-10H. The van der Waals surface area contributed by atoms with Gasteiger partial charge in [0.05, 0.1) is 34.5 Å². The van der Waals surface area contributed by atoms with Gasteiger partial charge in [-0.3, -0.25) is 9.97 Å². The Labute approximate surface area is 134 Å². The molecule has 4 aromatic rings. The minimum Gasteiger partial charge on any atom is -0.252 e. The highest BCUT2D eigenvalue weighted by atomic mass is 33.1. The highest BCUT2D eigenvalue weighted by Gasteiger charge is 2.04. The van der Waals surface area contributed by atoms with Crippen LogP contribution in [0.25, 0.3) is 22.1 Å². The van der Waals surface area contributed by atoms with Gasteiger partial charge in [0.25, 0.3) is 0 Å². The second kappa shape index (κ2) is 5.90. The third-order valence-electron chi connectivity index (χ3n) is 3.07. The summed E-state index contributed by atoms with van der Waals surface area (Å²) in [6.07, 6.45) is 3.57. The van der Waals surface area contributed by atoms with Gasteiger partial charge in [0.15, 0.2) is 0 Å². The number of hydrogen-bond donors (Lipinski definition) is 0. The predicted molar refractivity (Wildman–Crippen MR) is 90.8 cm³/mol. The van der Waals surface area contributed by atoms with E-state index in [2.05, 4.69) is 19.9 Å². The quantitative estimate of drug-likeness (QED) is 0.522. The van der Waals surface area contributed by atoms with E-state index in [4.69, 9.17) is 0 Å². The summed E-state index contributed by atoms with van der Waals surface area (Å²) >= 11 is 0. The Kier molecular flexibility index (Phi) is 3.62. The maximum Gasteiger partial charge on any atom is 0.126 e. The number of fused-ring (bicyclic) bond motifs is 2. The van der Waals surface area contributed by atoms with E-state index >= 15 is 0 Å². The van der Waals surface area contributed by atoms with E-state index in [9.17, 15) is 0 Å². The monoisotopic (exact) mass is 322 g/mol. The van der Waals surface area contributed by atoms with Crippen LogP contribution in [0.3, 0.4) is 0 Å². The summed E-state index contributed by atoms with van der Waals surface area (Å²) in [6.45, 7) is 0. The first-order chi connectivity index (χ1) is 10.9. The first-order valence-corrected chi connectivity index (χ1v) is 8.81. The maximum atomic E-state index is 4.58. The summed E-state index contributed by atoms with van der Waals surface area (Å²) < 4.78 is 0. The Morgan fingerprint density at radius 3 is 1.41 bits per heavy atom. The van der Waals surface area contributed by atoms with Gasteiger partial charge in [0.1, 0.15) is 10.1 Å². The van der Waals surface area contributed by atoms with E-state index in [1.54, 1.807) is 12.4 Å². The fourth-order valence-electron chi connectivity index (χ4n) is 2.05. The molecule has 0 unspecified atom stereocenters. The number of benzene rings is 2. The molecule has 0 saturated heterocycles. The fraction of sp³-hybridized carbons (Fsp3) is 0. The van der Waals surface area contributed by atoms with Gasteiger partial charge >= 0.3 is 0 Å². The van der Waals surface area contributed by atoms with Gasteiger partial charge in [-0.05, 0) is 45.9 Å². The fourth-order valence-corrected chi connectivity index (χ4v) is 3.67. The van der Waals surface area contributed by atoms with Gasteiger partial charge in [-0.2, -0.15) is 0 Å². The van der Waals surface area contributed by atoms with Crippen molar-refractivity contribution in [1.29, 1.82) is 0 Å². The largest absolute Gasteiger partial charge is 0.252 e. The van der Waals surface area contributed by atoms with Crippen molar-refractivity contribution in [2.75, 3.05) is 0 Å². The molecule has 0 atom stereocenters. The highest BCUT2D eigenvalue weighted by molar-refractivity contribution is 8.76. The van der Waals surface area contributed by atoms with Gasteiger partial charge in [-0.25, -0.2) is 9.97 Å². The number of aromatic nitrogens is 4. The van der Waals surface area contributed by atoms with Crippen LogP contribution >= 0.6 is 21.6 Å². The smallest absolute Gasteiger partial charge is 0.126 e. The Balaban J connectivity index is 1.57. The Morgan fingerprint density at radius 2 is 0.955 bits per heavy atom.